The number of aryl methyl sites for hydroxylation is 1. The molecule has 0 aliphatic carbocycles. The van der Waals surface area contributed by atoms with Gasteiger partial charge < -0.3 is 15.0 Å². The molecule has 0 saturated heterocycles. The Labute approximate surface area is 222 Å². The Morgan fingerprint density at radius 2 is 1.68 bits per heavy atom. The summed E-state index contributed by atoms with van der Waals surface area (Å²) in [4.78, 5) is 27.7. The topological polar surface area (TPSA) is 96.0 Å². The second-order valence-corrected chi connectivity index (χ2v) is 10.7. The highest BCUT2D eigenvalue weighted by Gasteiger charge is 2.33. The molecule has 3 aromatic rings. The zero-order chi connectivity index (χ0) is 27.2. The number of rotatable bonds is 10. The van der Waals surface area contributed by atoms with Crippen molar-refractivity contribution in [3.05, 3.63) is 88.9 Å². The molecule has 0 saturated carbocycles. The lowest BCUT2D eigenvalue weighted by atomic mass is 10.1. The van der Waals surface area contributed by atoms with Gasteiger partial charge in [0.2, 0.25) is 11.8 Å². The van der Waals surface area contributed by atoms with Gasteiger partial charge in [-0.05, 0) is 61.4 Å². The maximum absolute atomic E-state index is 13.8. The van der Waals surface area contributed by atoms with Crippen LogP contribution >= 0.6 is 11.6 Å². The molecule has 0 fully saturated rings. The molecule has 1 N–H and O–H groups in total. The van der Waals surface area contributed by atoms with E-state index in [-0.39, 0.29) is 23.0 Å². The number of hydrogen-bond acceptors (Lipinski definition) is 5. The number of halogens is 1. The lowest BCUT2D eigenvalue weighted by molar-refractivity contribution is -0.139. The summed E-state index contributed by atoms with van der Waals surface area (Å²) >= 11 is 6.00. The second kappa shape index (κ2) is 12.1. The quantitative estimate of drug-likeness (QED) is 0.417. The fourth-order valence-corrected chi connectivity index (χ4v) is 5.37. The Kier molecular flexibility index (Phi) is 9.18. The number of sulfonamides is 1. The number of nitrogens with zero attached hydrogens (tertiary/aromatic N) is 2. The SMILES string of the molecule is CNC(=O)C(C)N(Cc1ccc(Cl)cc1)C(=O)CN(c1cc(C)ccc1OC)S(=O)(=O)c1ccccc1. The van der Waals surface area contributed by atoms with Gasteiger partial charge in [-0.3, -0.25) is 13.9 Å². The lowest BCUT2D eigenvalue weighted by Gasteiger charge is -2.32. The average molecular weight is 544 g/mol. The van der Waals surface area contributed by atoms with Crippen LogP contribution < -0.4 is 14.4 Å². The van der Waals surface area contributed by atoms with Crippen LogP contribution in [0.5, 0.6) is 5.75 Å². The molecular formula is C27H30ClN3O5S. The highest BCUT2D eigenvalue weighted by atomic mass is 35.5. The van der Waals surface area contributed by atoms with Crippen molar-refractivity contribution in [1.82, 2.24) is 10.2 Å². The van der Waals surface area contributed by atoms with Crippen LogP contribution in [0.2, 0.25) is 5.02 Å². The predicted molar refractivity (Wildman–Crippen MR) is 144 cm³/mol. The first-order chi connectivity index (χ1) is 17.6. The third kappa shape index (κ3) is 6.61. The molecule has 0 radical (unpaired) electrons. The summed E-state index contributed by atoms with van der Waals surface area (Å²) in [7, 11) is -1.26. The smallest absolute Gasteiger partial charge is 0.264 e. The largest absolute Gasteiger partial charge is 0.495 e. The van der Waals surface area contributed by atoms with E-state index in [1.54, 1.807) is 67.6 Å². The standard InChI is InChI=1S/C27H30ClN3O5S/c1-19-10-15-25(36-4)24(16-19)31(37(34,35)23-8-6-5-7-9-23)18-26(32)30(20(2)27(33)29-3)17-21-11-13-22(28)14-12-21/h5-16,20H,17-18H2,1-4H3,(H,29,33). The summed E-state index contributed by atoms with van der Waals surface area (Å²) in [6.07, 6.45) is 0. The molecule has 10 heteroatoms. The van der Waals surface area contributed by atoms with Crippen molar-refractivity contribution in [3.8, 4) is 5.75 Å². The molecule has 1 atom stereocenters. The molecule has 196 valence electrons. The maximum atomic E-state index is 13.8. The number of methoxy groups -OCH3 is 1. The summed E-state index contributed by atoms with van der Waals surface area (Å²) in [5.74, 6) is -0.650. The van der Waals surface area contributed by atoms with E-state index in [1.165, 1.54) is 31.2 Å². The van der Waals surface area contributed by atoms with Gasteiger partial charge in [0.15, 0.2) is 0 Å². The van der Waals surface area contributed by atoms with Crippen LogP contribution in [0.1, 0.15) is 18.1 Å². The number of carbonyl (C=O) groups is 2. The van der Waals surface area contributed by atoms with Crippen LogP contribution in [0.4, 0.5) is 5.69 Å². The number of anilines is 1. The average Bonchev–Trinajstić information content (AvgIpc) is 2.90. The van der Waals surface area contributed by atoms with Crippen molar-refractivity contribution in [2.24, 2.45) is 0 Å². The van der Waals surface area contributed by atoms with Gasteiger partial charge in [-0.25, -0.2) is 8.42 Å². The minimum atomic E-state index is -4.17. The zero-order valence-corrected chi connectivity index (χ0v) is 22.7. The second-order valence-electron chi connectivity index (χ2n) is 8.44. The maximum Gasteiger partial charge on any atom is 0.264 e. The van der Waals surface area contributed by atoms with Crippen LogP contribution in [0.3, 0.4) is 0 Å². The summed E-state index contributed by atoms with van der Waals surface area (Å²) in [5, 5.41) is 3.09. The van der Waals surface area contributed by atoms with Gasteiger partial charge in [0, 0.05) is 18.6 Å². The molecule has 37 heavy (non-hydrogen) atoms. The number of hydrogen-bond donors (Lipinski definition) is 1. The number of likely N-dealkylation sites (N-methyl/N-ethyl adjacent to an activating group) is 1. The van der Waals surface area contributed by atoms with Crippen molar-refractivity contribution < 1.29 is 22.7 Å². The summed E-state index contributed by atoms with van der Waals surface area (Å²) in [5.41, 5.74) is 1.74. The first-order valence-electron chi connectivity index (χ1n) is 11.6. The molecular weight excluding hydrogens is 514 g/mol. The Morgan fingerprint density at radius 3 is 2.27 bits per heavy atom. The van der Waals surface area contributed by atoms with Crippen molar-refractivity contribution in [1.29, 1.82) is 0 Å². The van der Waals surface area contributed by atoms with Crippen molar-refractivity contribution in [2.45, 2.75) is 31.3 Å². The molecule has 0 aliphatic rings. The first-order valence-corrected chi connectivity index (χ1v) is 13.4. The Balaban J connectivity index is 2.09. The highest BCUT2D eigenvalue weighted by molar-refractivity contribution is 7.92. The van der Waals surface area contributed by atoms with E-state index in [0.29, 0.717) is 10.8 Å². The van der Waals surface area contributed by atoms with Crippen molar-refractivity contribution in [3.63, 3.8) is 0 Å². The highest BCUT2D eigenvalue weighted by Crippen LogP contribution is 2.33. The van der Waals surface area contributed by atoms with Gasteiger partial charge in [-0.1, -0.05) is 48.0 Å². The summed E-state index contributed by atoms with van der Waals surface area (Å²) < 4.78 is 34.1. The van der Waals surface area contributed by atoms with Gasteiger partial charge in [-0.15, -0.1) is 0 Å². The Morgan fingerprint density at radius 1 is 1.03 bits per heavy atom. The fourth-order valence-electron chi connectivity index (χ4n) is 3.81. The third-order valence-electron chi connectivity index (χ3n) is 5.89. The van der Waals surface area contributed by atoms with Crippen LogP contribution in [0.15, 0.2) is 77.7 Å². The van der Waals surface area contributed by atoms with Crippen LogP contribution in [0.25, 0.3) is 0 Å². The number of amides is 2. The molecule has 0 aliphatic heterocycles. The fraction of sp³-hybridized carbons (Fsp3) is 0.259. The van der Waals surface area contributed by atoms with Crippen LogP contribution in [0, 0.1) is 6.92 Å². The Hall–Kier alpha value is -3.56. The van der Waals surface area contributed by atoms with E-state index >= 15 is 0 Å². The molecule has 1 unspecified atom stereocenters. The van der Waals surface area contributed by atoms with Crippen molar-refractivity contribution in [2.75, 3.05) is 25.0 Å². The normalized spacial score (nSPS) is 11.9. The minimum Gasteiger partial charge on any atom is -0.495 e. The van der Waals surface area contributed by atoms with Gasteiger partial charge in [0.25, 0.3) is 10.0 Å². The van der Waals surface area contributed by atoms with E-state index in [2.05, 4.69) is 5.32 Å². The van der Waals surface area contributed by atoms with Crippen LogP contribution in [-0.4, -0.2) is 51.9 Å². The molecule has 0 bridgehead atoms. The first kappa shape index (κ1) is 28.0. The van der Waals surface area contributed by atoms with Gasteiger partial charge in [0.1, 0.15) is 18.3 Å². The lowest BCUT2D eigenvalue weighted by Crippen LogP contribution is -2.50. The predicted octanol–water partition coefficient (Wildman–Crippen LogP) is 4.02. The number of benzene rings is 3. The van der Waals surface area contributed by atoms with Crippen LogP contribution in [-0.2, 0) is 26.2 Å². The monoisotopic (exact) mass is 543 g/mol. The zero-order valence-electron chi connectivity index (χ0n) is 21.1. The van der Waals surface area contributed by atoms with Gasteiger partial charge >= 0.3 is 0 Å². The molecule has 0 aromatic heterocycles. The summed E-state index contributed by atoms with van der Waals surface area (Å²) in [6, 6.07) is 19.0. The minimum absolute atomic E-state index is 0.0231. The Bertz CT molecular complexity index is 1350. The van der Waals surface area contributed by atoms with E-state index in [1.807, 2.05) is 6.92 Å². The number of carbonyl (C=O) groups excluding carboxylic acids is 2. The van der Waals surface area contributed by atoms with Gasteiger partial charge in [0.05, 0.1) is 17.7 Å². The van der Waals surface area contributed by atoms with E-state index in [9.17, 15) is 18.0 Å². The molecule has 3 aromatic carbocycles. The molecule has 3 rings (SSSR count). The van der Waals surface area contributed by atoms with E-state index in [0.717, 1.165) is 15.4 Å². The number of nitrogens with one attached hydrogen (secondary N) is 1. The molecule has 8 nitrogen and oxygen atoms in total. The molecule has 0 heterocycles. The molecule has 0 spiro atoms. The molecule has 2 amide bonds. The van der Waals surface area contributed by atoms with E-state index in [4.69, 9.17) is 16.3 Å². The third-order valence-corrected chi connectivity index (χ3v) is 7.92. The van der Waals surface area contributed by atoms with Crippen molar-refractivity contribution >= 4 is 39.1 Å². The number of ether oxygens (including phenoxy) is 1. The summed E-state index contributed by atoms with van der Waals surface area (Å²) in [6.45, 7) is 2.94. The van der Waals surface area contributed by atoms with Gasteiger partial charge in [-0.2, -0.15) is 0 Å². The van der Waals surface area contributed by atoms with E-state index < -0.39 is 28.5 Å².